The molecule has 78 valence electrons. The number of nitrogens with zero attached hydrogens (tertiary/aromatic N) is 1. The predicted molar refractivity (Wildman–Crippen MR) is 51.9 cm³/mol. The Hall–Kier alpha value is -0.870. The van der Waals surface area contributed by atoms with Crippen LogP contribution in [-0.2, 0) is 6.42 Å². The Morgan fingerprint density at radius 2 is 2.50 bits per heavy atom. The molecule has 0 aliphatic carbocycles. The van der Waals surface area contributed by atoms with E-state index in [0.29, 0.717) is 6.42 Å². The zero-order valence-corrected chi connectivity index (χ0v) is 8.20. The lowest BCUT2D eigenvalue weighted by atomic mass is 10.1. The van der Waals surface area contributed by atoms with Crippen LogP contribution in [0.3, 0.4) is 0 Å². The van der Waals surface area contributed by atoms with Crippen molar-refractivity contribution in [2.45, 2.75) is 31.7 Å². The van der Waals surface area contributed by atoms with Crippen LogP contribution in [0.25, 0.3) is 0 Å². The summed E-state index contributed by atoms with van der Waals surface area (Å²) in [6, 6.07) is 0.274. The molecule has 0 aromatic carbocycles. The number of aliphatic hydroxyl groups excluding tert-OH is 1. The van der Waals surface area contributed by atoms with Gasteiger partial charge >= 0.3 is 0 Å². The normalized spacial score (nSPS) is 22.5. The van der Waals surface area contributed by atoms with E-state index in [4.69, 9.17) is 9.52 Å². The van der Waals surface area contributed by atoms with Gasteiger partial charge in [0.1, 0.15) is 6.26 Å². The molecule has 1 unspecified atom stereocenters. The van der Waals surface area contributed by atoms with Crippen molar-refractivity contribution in [1.29, 1.82) is 0 Å². The molecule has 1 aliphatic heterocycles. The SMILES string of the molecule is OCCc1coc(C2CCCCN2)n1. The Labute approximate surface area is 83.3 Å². The second-order valence-corrected chi connectivity index (χ2v) is 3.65. The number of aromatic nitrogens is 1. The number of piperidine rings is 1. The molecule has 1 saturated heterocycles. The van der Waals surface area contributed by atoms with Gasteiger partial charge in [-0.15, -0.1) is 0 Å². The molecular weight excluding hydrogens is 180 g/mol. The van der Waals surface area contributed by atoms with E-state index < -0.39 is 0 Å². The first-order valence-corrected chi connectivity index (χ1v) is 5.18. The van der Waals surface area contributed by atoms with Crippen LogP contribution in [0.1, 0.15) is 36.9 Å². The maximum Gasteiger partial charge on any atom is 0.211 e. The van der Waals surface area contributed by atoms with Crippen LogP contribution in [0.5, 0.6) is 0 Å². The summed E-state index contributed by atoms with van der Waals surface area (Å²) < 4.78 is 5.37. The van der Waals surface area contributed by atoms with Gasteiger partial charge in [0.15, 0.2) is 0 Å². The van der Waals surface area contributed by atoms with Crippen molar-refractivity contribution < 1.29 is 9.52 Å². The molecule has 0 saturated carbocycles. The van der Waals surface area contributed by atoms with Crippen molar-refractivity contribution in [3.05, 3.63) is 17.8 Å². The number of nitrogens with one attached hydrogen (secondary N) is 1. The van der Waals surface area contributed by atoms with Crippen LogP contribution >= 0.6 is 0 Å². The Morgan fingerprint density at radius 3 is 3.21 bits per heavy atom. The van der Waals surface area contributed by atoms with E-state index in [1.165, 1.54) is 12.8 Å². The molecule has 2 N–H and O–H groups in total. The maximum absolute atomic E-state index is 8.74. The molecule has 2 rings (SSSR count). The molecule has 1 fully saturated rings. The lowest BCUT2D eigenvalue weighted by Crippen LogP contribution is -2.27. The minimum Gasteiger partial charge on any atom is -0.447 e. The summed E-state index contributed by atoms with van der Waals surface area (Å²) in [5.74, 6) is 0.771. The lowest BCUT2D eigenvalue weighted by molar-refractivity contribution is 0.298. The Morgan fingerprint density at radius 1 is 1.57 bits per heavy atom. The fourth-order valence-corrected chi connectivity index (χ4v) is 1.77. The smallest absolute Gasteiger partial charge is 0.211 e. The van der Waals surface area contributed by atoms with Gasteiger partial charge in [0.25, 0.3) is 0 Å². The summed E-state index contributed by atoms with van der Waals surface area (Å²) in [4.78, 5) is 4.33. The molecule has 4 heteroatoms. The molecule has 0 spiro atoms. The molecule has 0 radical (unpaired) electrons. The minimum atomic E-state index is 0.129. The summed E-state index contributed by atoms with van der Waals surface area (Å²) in [5, 5.41) is 12.1. The zero-order valence-electron chi connectivity index (χ0n) is 8.20. The van der Waals surface area contributed by atoms with Crippen molar-refractivity contribution >= 4 is 0 Å². The number of hydrogen-bond acceptors (Lipinski definition) is 4. The van der Waals surface area contributed by atoms with Gasteiger partial charge in [-0.3, -0.25) is 0 Å². The first-order chi connectivity index (χ1) is 6.90. The molecule has 1 atom stereocenters. The largest absolute Gasteiger partial charge is 0.447 e. The highest BCUT2D eigenvalue weighted by molar-refractivity contribution is 5.01. The van der Waals surface area contributed by atoms with E-state index >= 15 is 0 Å². The Kier molecular flexibility index (Phi) is 3.16. The van der Waals surface area contributed by atoms with Gasteiger partial charge in [-0.05, 0) is 19.4 Å². The van der Waals surface area contributed by atoms with Crippen LogP contribution in [-0.4, -0.2) is 23.2 Å². The third kappa shape index (κ3) is 2.13. The second-order valence-electron chi connectivity index (χ2n) is 3.65. The summed E-state index contributed by atoms with van der Waals surface area (Å²) in [6.07, 6.45) is 5.78. The third-order valence-electron chi connectivity index (χ3n) is 2.55. The Bertz CT molecular complexity index is 279. The van der Waals surface area contributed by atoms with Gasteiger partial charge in [0, 0.05) is 13.0 Å². The van der Waals surface area contributed by atoms with Crippen LogP contribution < -0.4 is 5.32 Å². The van der Waals surface area contributed by atoms with Gasteiger partial charge in [0.2, 0.25) is 5.89 Å². The summed E-state index contributed by atoms with van der Waals surface area (Å²) in [6.45, 7) is 1.17. The number of hydrogen-bond donors (Lipinski definition) is 2. The quantitative estimate of drug-likeness (QED) is 0.758. The first kappa shape index (κ1) is 9.68. The van der Waals surface area contributed by atoms with E-state index in [0.717, 1.165) is 24.6 Å². The molecule has 2 heterocycles. The van der Waals surface area contributed by atoms with Crippen molar-refractivity contribution in [3.63, 3.8) is 0 Å². The third-order valence-corrected chi connectivity index (χ3v) is 2.55. The van der Waals surface area contributed by atoms with Gasteiger partial charge in [-0.25, -0.2) is 4.98 Å². The molecule has 0 bridgehead atoms. The highest BCUT2D eigenvalue weighted by Crippen LogP contribution is 2.22. The average Bonchev–Trinajstić information content (AvgIpc) is 2.68. The van der Waals surface area contributed by atoms with Crippen molar-refractivity contribution in [2.75, 3.05) is 13.2 Å². The molecule has 14 heavy (non-hydrogen) atoms. The lowest BCUT2D eigenvalue weighted by Gasteiger charge is -2.20. The second kappa shape index (κ2) is 4.57. The summed E-state index contributed by atoms with van der Waals surface area (Å²) in [5.41, 5.74) is 0.842. The monoisotopic (exact) mass is 196 g/mol. The van der Waals surface area contributed by atoms with Crippen LogP contribution in [0.4, 0.5) is 0 Å². The highest BCUT2D eigenvalue weighted by atomic mass is 16.3. The van der Waals surface area contributed by atoms with E-state index in [-0.39, 0.29) is 12.6 Å². The molecule has 4 nitrogen and oxygen atoms in total. The average molecular weight is 196 g/mol. The number of aliphatic hydroxyl groups is 1. The van der Waals surface area contributed by atoms with E-state index in [1.54, 1.807) is 6.26 Å². The zero-order chi connectivity index (χ0) is 9.80. The van der Waals surface area contributed by atoms with Crippen LogP contribution in [0.2, 0.25) is 0 Å². The van der Waals surface area contributed by atoms with Gasteiger partial charge in [-0.1, -0.05) is 6.42 Å². The summed E-state index contributed by atoms with van der Waals surface area (Å²) >= 11 is 0. The van der Waals surface area contributed by atoms with E-state index in [1.807, 2.05) is 0 Å². The van der Waals surface area contributed by atoms with Crippen molar-refractivity contribution in [2.24, 2.45) is 0 Å². The minimum absolute atomic E-state index is 0.129. The molecule has 0 amide bonds. The topological polar surface area (TPSA) is 58.3 Å². The fourth-order valence-electron chi connectivity index (χ4n) is 1.77. The van der Waals surface area contributed by atoms with E-state index in [2.05, 4.69) is 10.3 Å². The fraction of sp³-hybridized carbons (Fsp3) is 0.700. The molecular formula is C10H16N2O2. The van der Waals surface area contributed by atoms with Gasteiger partial charge in [0.05, 0.1) is 11.7 Å². The van der Waals surface area contributed by atoms with E-state index in [9.17, 15) is 0 Å². The number of rotatable bonds is 3. The highest BCUT2D eigenvalue weighted by Gasteiger charge is 2.19. The van der Waals surface area contributed by atoms with Gasteiger partial charge in [-0.2, -0.15) is 0 Å². The van der Waals surface area contributed by atoms with Crippen LogP contribution in [0.15, 0.2) is 10.7 Å². The molecule has 1 aromatic rings. The number of oxazole rings is 1. The van der Waals surface area contributed by atoms with Crippen molar-refractivity contribution in [3.8, 4) is 0 Å². The molecule has 1 aromatic heterocycles. The van der Waals surface area contributed by atoms with Crippen molar-refractivity contribution in [1.82, 2.24) is 10.3 Å². The van der Waals surface area contributed by atoms with Gasteiger partial charge < -0.3 is 14.8 Å². The standard InChI is InChI=1S/C10H16N2O2/c13-6-4-8-7-14-10(12-8)9-3-1-2-5-11-9/h7,9,11,13H,1-6H2. The molecule has 1 aliphatic rings. The first-order valence-electron chi connectivity index (χ1n) is 5.18. The predicted octanol–water partition coefficient (Wildman–Crippen LogP) is 1.02. The summed E-state index contributed by atoms with van der Waals surface area (Å²) in [7, 11) is 0. The Balaban J connectivity index is 2.00. The maximum atomic E-state index is 8.74. The van der Waals surface area contributed by atoms with Crippen LogP contribution in [0, 0.1) is 0 Å².